The van der Waals surface area contributed by atoms with E-state index in [2.05, 4.69) is 152 Å². The van der Waals surface area contributed by atoms with E-state index in [1.54, 1.807) is 5.56 Å². The molecular weight excluding hydrogens is 705 g/mol. The molecule has 0 spiro atoms. The van der Waals surface area contributed by atoms with Gasteiger partial charge in [0.25, 0.3) is 0 Å². The van der Waals surface area contributed by atoms with Crippen molar-refractivity contribution in [1.82, 2.24) is 0 Å². The Morgan fingerprint density at radius 1 is 0.655 bits per heavy atom. The average molecular weight is 759 g/mol. The van der Waals surface area contributed by atoms with Crippen molar-refractivity contribution in [2.24, 2.45) is 5.92 Å². The Labute approximate surface area is 336 Å². The first kappa shape index (κ1) is 36.3. The summed E-state index contributed by atoms with van der Waals surface area (Å²) in [7, 11) is 0. The second-order valence-electron chi connectivity index (χ2n) is 16.0. The second-order valence-corrected chi connectivity index (χ2v) is 18.3. The lowest BCUT2D eigenvalue weighted by Gasteiger charge is -2.33. The van der Waals surface area contributed by atoms with E-state index >= 15 is 0 Å². The van der Waals surface area contributed by atoms with Gasteiger partial charge < -0.3 is 9.80 Å². The molecule has 0 unspecified atom stereocenters. The van der Waals surface area contributed by atoms with Crippen molar-refractivity contribution < 1.29 is 0 Å². The minimum atomic E-state index is 0.612. The number of aryl methyl sites for hydroxylation is 3. The van der Waals surface area contributed by atoms with Gasteiger partial charge in [0, 0.05) is 41.7 Å². The third-order valence-corrected chi connectivity index (χ3v) is 15.4. The molecule has 2 aromatic heterocycles. The molecule has 2 bridgehead atoms. The van der Waals surface area contributed by atoms with Crippen LogP contribution in [0.3, 0.4) is 0 Å². The zero-order valence-electron chi connectivity index (χ0n) is 32.9. The van der Waals surface area contributed by atoms with Crippen LogP contribution in [0.4, 0.5) is 34.1 Å². The molecule has 0 saturated heterocycles. The fourth-order valence-electron chi connectivity index (χ4n) is 10.1. The molecule has 3 aliphatic rings. The molecule has 55 heavy (non-hydrogen) atoms. The zero-order valence-corrected chi connectivity index (χ0v) is 34.5. The van der Waals surface area contributed by atoms with E-state index in [0.29, 0.717) is 11.8 Å². The molecule has 2 aliphatic carbocycles. The Morgan fingerprint density at radius 3 is 2.00 bits per heavy atom. The molecular formula is C51H54N2S2. The lowest BCUT2D eigenvalue weighted by atomic mass is 9.82. The summed E-state index contributed by atoms with van der Waals surface area (Å²) in [5.74, 6) is 1.26. The van der Waals surface area contributed by atoms with Gasteiger partial charge in [0.15, 0.2) is 0 Å². The molecule has 280 valence electrons. The van der Waals surface area contributed by atoms with Gasteiger partial charge in [0.2, 0.25) is 0 Å². The highest BCUT2D eigenvalue weighted by atomic mass is 32.1. The zero-order chi connectivity index (χ0) is 37.5. The minimum Gasteiger partial charge on any atom is -0.308 e. The van der Waals surface area contributed by atoms with Crippen LogP contribution in [0.5, 0.6) is 0 Å². The van der Waals surface area contributed by atoms with Gasteiger partial charge in [0.1, 0.15) is 0 Å². The molecule has 2 nitrogen and oxygen atoms in total. The average Bonchev–Trinajstić information content (AvgIpc) is 3.78. The highest BCUT2D eigenvalue weighted by Crippen LogP contribution is 2.55. The lowest BCUT2D eigenvalue weighted by Crippen LogP contribution is -2.17. The first-order valence-electron chi connectivity index (χ1n) is 20.9. The number of allylic oxidation sites excluding steroid dienone is 2. The van der Waals surface area contributed by atoms with Gasteiger partial charge in [-0.1, -0.05) is 118 Å². The lowest BCUT2D eigenvalue weighted by molar-refractivity contribution is 0.429. The Kier molecular flexibility index (Phi) is 10.3. The fraction of sp³-hybridized carbons (Fsp3) is 0.333. The van der Waals surface area contributed by atoms with Gasteiger partial charge >= 0.3 is 0 Å². The van der Waals surface area contributed by atoms with E-state index in [0.717, 1.165) is 12.8 Å². The Bertz CT molecular complexity index is 2360. The highest BCUT2D eigenvalue weighted by Gasteiger charge is 2.33. The van der Waals surface area contributed by atoms with E-state index < -0.39 is 0 Å². The van der Waals surface area contributed by atoms with E-state index in [1.165, 1.54) is 145 Å². The van der Waals surface area contributed by atoms with E-state index in [-0.39, 0.29) is 0 Å². The van der Waals surface area contributed by atoms with Crippen LogP contribution < -0.4 is 9.80 Å². The Morgan fingerprint density at radius 2 is 1.29 bits per heavy atom. The van der Waals surface area contributed by atoms with Gasteiger partial charge in [-0.05, 0) is 124 Å². The molecule has 6 aromatic rings. The van der Waals surface area contributed by atoms with Gasteiger partial charge in [0.05, 0.1) is 22.7 Å². The summed E-state index contributed by atoms with van der Waals surface area (Å²) in [6, 6.07) is 34.3. The van der Waals surface area contributed by atoms with Crippen molar-refractivity contribution in [2.45, 2.75) is 104 Å². The topological polar surface area (TPSA) is 6.48 Å². The van der Waals surface area contributed by atoms with Crippen molar-refractivity contribution in [1.29, 1.82) is 0 Å². The monoisotopic (exact) mass is 758 g/mol. The molecule has 0 radical (unpaired) electrons. The fourth-order valence-corrected chi connectivity index (χ4v) is 12.9. The van der Waals surface area contributed by atoms with Crippen LogP contribution in [0, 0.1) is 19.8 Å². The minimum absolute atomic E-state index is 0.612. The van der Waals surface area contributed by atoms with Crippen LogP contribution in [0.15, 0.2) is 104 Å². The number of nitrogens with zero attached hydrogens (tertiary/aromatic N) is 2. The number of thiophene rings is 2. The van der Waals surface area contributed by atoms with E-state index in [1.807, 2.05) is 11.3 Å². The maximum Gasteiger partial charge on any atom is 0.0679 e. The third-order valence-electron chi connectivity index (χ3n) is 12.8. The number of hydrogen-bond donors (Lipinski definition) is 0. The molecule has 4 heteroatoms. The van der Waals surface area contributed by atoms with Gasteiger partial charge in [-0.2, -0.15) is 0 Å². The first-order chi connectivity index (χ1) is 27.1. The van der Waals surface area contributed by atoms with Crippen molar-refractivity contribution in [3.05, 3.63) is 141 Å². The van der Waals surface area contributed by atoms with Gasteiger partial charge in [-0.25, -0.2) is 0 Å². The van der Waals surface area contributed by atoms with Crippen LogP contribution in [-0.4, -0.2) is 0 Å². The molecule has 2 saturated carbocycles. The first-order valence-corrected chi connectivity index (χ1v) is 22.5. The number of hydrogen-bond acceptors (Lipinski definition) is 4. The van der Waals surface area contributed by atoms with Crippen LogP contribution in [-0.2, 0) is 12.8 Å². The molecule has 2 fully saturated rings. The molecule has 0 amide bonds. The third kappa shape index (κ3) is 6.50. The Hall–Kier alpha value is -4.38. The van der Waals surface area contributed by atoms with Crippen molar-refractivity contribution in [2.75, 3.05) is 9.80 Å². The maximum absolute atomic E-state index is 4.56. The van der Waals surface area contributed by atoms with Crippen molar-refractivity contribution in [3.63, 3.8) is 0 Å². The second kappa shape index (κ2) is 15.6. The Balaban J connectivity index is 1.34. The number of benzene rings is 4. The smallest absolute Gasteiger partial charge is 0.0679 e. The predicted molar refractivity (Wildman–Crippen MR) is 242 cm³/mol. The summed E-state index contributed by atoms with van der Waals surface area (Å²) >= 11 is 4.13. The summed E-state index contributed by atoms with van der Waals surface area (Å²) in [5, 5.41) is 1.41. The van der Waals surface area contributed by atoms with E-state index in [4.69, 9.17) is 0 Å². The van der Waals surface area contributed by atoms with Crippen LogP contribution in [0.25, 0.3) is 21.7 Å². The molecule has 0 N–H and O–H groups in total. The molecule has 0 atom stereocenters. The summed E-state index contributed by atoms with van der Waals surface area (Å²) in [4.78, 5) is 9.58. The standard InChI is InChI=1S/C51H54N2S2/c1-5-39(36-21-10-7-11-22-36)50-40(6-2)48-46(54-50)32-33-47-49(42-28-18-27-41(51(42)55-47)37-23-12-8-13-24-37)53(43-29-17-16-20-34(43)3)45-31-19-30-44(35(45)4)52(48)38-25-14-9-15-26-38/h5-6,9,14-20,25-31,36-37H,2,7-8,10-13,21-24,32-33H2,1,3-4H3/b39-5-. The summed E-state index contributed by atoms with van der Waals surface area (Å²) in [6.07, 6.45) is 19.8. The predicted octanol–water partition coefficient (Wildman–Crippen LogP) is 16.3. The maximum atomic E-state index is 4.56. The van der Waals surface area contributed by atoms with E-state index in [9.17, 15) is 0 Å². The normalized spacial score (nSPS) is 17.2. The van der Waals surface area contributed by atoms with Crippen LogP contribution in [0.1, 0.15) is 114 Å². The summed E-state index contributed by atoms with van der Waals surface area (Å²) in [5.41, 5.74) is 14.6. The summed E-state index contributed by atoms with van der Waals surface area (Å²) < 4.78 is 1.50. The molecule has 4 aromatic carbocycles. The van der Waals surface area contributed by atoms with Crippen molar-refractivity contribution in [3.8, 4) is 0 Å². The van der Waals surface area contributed by atoms with Crippen molar-refractivity contribution >= 4 is 78.5 Å². The number of para-hydroxylation sites is 2. The van der Waals surface area contributed by atoms with Crippen LogP contribution >= 0.6 is 22.7 Å². The quantitative estimate of drug-likeness (QED) is 0.167. The number of anilines is 6. The van der Waals surface area contributed by atoms with Crippen LogP contribution in [0.2, 0.25) is 0 Å². The summed E-state index contributed by atoms with van der Waals surface area (Å²) in [6.45, 7) is 11.5. The van der Waals surface area contributed by atoms with Gasteiger partial charge in [-0.15, -0.1) is 22.7 Å². The molecule has 3 heterocycles. The number of fused-ring (bicyclic) bond motifs is 6. The SMILES string of the molecule is C=Cc1c(/C(=C\C)C2CCCCC2)sc2c1N(c1ccccc1)c1cccc(c1C)N(c1ccccc1C)c1c(sc3c(C4CCCCC4)cccc13)CC2. The number of rotatable bonds is 6. The molecule has 9 rings (SSSR count). The largest absolute Gasteiger partial charge is 0.308 e. The molecule has 1 aliphatic heterocycles. The van der Waals surface area contributed by atoms with Gasteiger partial charge in [-0.3, -0.25) is 0 Å². The highest BCUT2D eigenvalue weighted by molar-refractivity contribution is 7.20.